The Bertz CT molecular complexity index is 958. The molecule has 2 aromatic carbocycles. The van der Waals surface area contributed by atoms with Gasteiger partial charge in [-0.2, -0.15) is 0 Å². The van der Waals surface area contributed by atoms with Crippen LogP contribution in [0.15, 0.2) is 59.8 Å². The third kappa shape index (κ3) is 5.04. The molecule has 0 fully saturated rings. The third-order valence-electron chi connectivity index (χ3n) is 3.94. The van der Waals surface area contributed by atoms with Crippen molar-refractivity contribution in [2.45, 2.75) is 18.5 Å². The molecule has 0 unspecified atom stereocenters. The zero-order valence-corrected chi connectivity index (χ0v) is 16.1. The van der Waals surface area contributed by atoms with Crippen molar-refractivity contribution in [3.05, 3.63) is 71.8 Å². The third-order valence-corrected chi connectivity index (χ3v) is 4.86. The van der Waals surface area contributed by atoms with Crippen LogP contribution in [-0.4, -0.2) is 38.8 Å². The monoisotopic (exact) mass is 398 g/mol. The summed E-state index contributed by atoms with van der Waals surface area (Å²) in [6.45, 7) is 1.91. The van der Waals surface area contributed by atoms with E-state index in [1.807, 2.05) is 34.9 Å². The van der Waals surface area contributed by atoms with Gasteiger partial charge in [-0.3, -0.25) is 14.2 Å². The van der Waals surface area contributed by atoms with E-state index in [4.69, 9.17) is 0 Å². The van der Waals surface area contributed by atoms with E-state index in [-0.39, 0.29) is 23.3 Å². The molecule has 1 amide bonds. The van der Waals surface area contributed by atoms with Crippen LogP contribution in [0.1, 0.15) is 23.1 Å². The molecule has 0 aliphatic heterocycles. The highest BCUT2D eigenvalue weighted by atomic mass is 32.2. The second kappa shape index (κ2) is 9.27. The van der Waals surface area contributed by atoms with Gasteiger partial charge in [-0.25, -0.2) is 4.39 Å². The molecular weight excluding hydrogens is 379 g/mol. The van der Waals surface area contributed by atoms with Crippen LogP contribution in [0.5, 0.6) is 0 Å². The van der Waals surface area contributed by atoms with Crippen LogP contribution >= 0.6 is 11.8 Å². The summed E-state index contributed by atoms with van der Waals surface area (Å²) in [6.07, 6.45) is 0.508. The van der Waals surface area contributed by atoms with Gasteiger partial charge in [-0.1, -0.05) is 30.0 Å². The highest BCUT2D eigenvalue weighted by Crippen LogP contribution is 2.23. The van der Waals surface area contributed by atoms with Gasteiger partial charge in [0.15, 0.2) is 10.9 Å². The smallest absolute Gasteiger partial charge is 0.216 e. The summed E-state index contributed by atoms with van der Waals surface area (Å²) in [4.78, 5) is 23.5. The average Bonchev–Trinajstić information content (AvgIpc) is 3.10. The fraction of sp³-hybridized carbons (Fsp3) is 0.200. The van der Waals surface area contributed by atoms with E-state index < -0.39 is 0 Å². The Hall–Kier alpha value is -3.00. The van der Waals surface area contributed by atoms with Crippen LogP contribution in [0.2, 0.25) is 0 Å². The van der Waals surface area contributed by atoms with Crippen LogP contribution in [0.4, 0.5) is 4.39 Å². The maximum Gasteiger partial charge on any atom is 0.216 e. The number of amides is 1. The number of rotatable bonds is 8. The predicted octanol–water partition coefficient (Wildman–Crippen LogP) is 3.06. The van der Waals surface area contributed by atoms with E-state index >= 15 is 0 Å². The van der Waals surface area contributed by atoms with Crippen LogP contribution in [0.3, 0.4) is 0 Å². The van der Waals surface area contributed by atoms with Crippen molar-refractivity contribution in [1.82, 2.24) is 20.1 Å². The molecule has 0 radical (unpaired) electrons. The molecule has 0 saturated heterocycles. The fourth-order valence-corrected chi connectivity index (χ4v) is 3.46. The summed E-state index contributed by atoms with van der Waals surface area (Å²) < 4.78 is 14.9. The predicted molar refractivity (Wildman–Crippen MR) is 105 cm³/mol. The minimum Gasteiger partial charge on any atom is -0.356 e. The van der Waals surface area contributed by atoms with Gasteiger partial charge in [-0.05, 0) is 36.4 Å². The van der Waals surface area contributed by atoms with Gasteiger partial charge in [0.25, 0.3) is 0 Å². The topological polar surface area (TPSA) is 76.9 Å². The number of hydrogen-bond donors (Lipinski definition) is 1. The van der Waals surface area contributed by atoms with Crippen LogP contribution in [0.25, 0.3) is 5.69 Å². The number of carbonyl (C=O) groups excluding carboxylic acids is 2. The molecule has 1 aromatic heterocycles. The van der Waals surface area contributed by atoms with Crippen molar-refractivity contribution < 1.29 is 14.0 Å². The molecular formula is C20H19FN4O2S. The number of Topliss-reactive ketones (excluding diaryl/α,β-unsaturated/α-hetero) is 1. The summed E-state index contributed by atoms with van der Waals surface area (Å²) in [5.41, 5.74) is 1.33. The van der Waals surface area contributed by atoms with E-state index in [0.717, 1.165) is 5.69 Å². The maximum atomic E-state index is 13.0. The molecule has 28 heavy (non-hydrogen) atoms. The van der Waals surface area contributed by atoms with Gasteiger partial charge in [-0.15, -0.1) is 10.2 Å². The quantitative estimate of drug-likeness (QED) is 0.466. The normalized spacial score (nSPS) is 10.6. The summed E-state index contributed by atoms with van der Waals surface area (Å²) in [5.74, 6) is 0.244. The van der Waals surface area contributed by atoms with Gasteiger partial charge in [0.05, 0.1) is 5.75 Å². The Kier molecular flexibility index (Phi) is 6.54. The molecule has 0 saturated carbocycles. The Labute approximate surface area is 166 Å². The summed E-state index contributed by atoms with van der Waals surface area (Å²) in [6, 6.07) is 15.1. The van der Waals surface area contributed by atoms with Crippen LogP contribution in [0, 0.1) is 5.82 Å². The van der Waals surface area contributed by atoms with Gasteiger partial charge >= 0.3 is 0 Å². The number of benzene rings is 2. The first-order valence-electron chi connectivity index (χ1n) is 8.70. The minimum absolute atomic E-state index is 0.106. The van der Waals surface area contributed by atoms with E-state index in [9.17, 15) is 14.0 Å². The first-order chi connectivity index (χ1) is 13.5. The molecule has 3 rings (SSSR count). The van der Waals surface area contributed by atoms with Crippen molar-refractivity contribution in [3.8, 4) is 5.69 Å². The number of ketones is 1. The number of para-hydroxylation sites is 1. The van der Waals surface area contributed by atoms with Gasteiger partial charge < -0.3 is 5.32 Å². The lowest BCUT2D eigenvalue weighted by molar-refractivity contribution is -0.118. The van der Waals surface area contributed by atoms with Crippen molar-refractivity contribution >= 4 is 23.5 Å². The molecule has 1 heterocycles. The van der Waals surface area contributed by atoms with Crippen molar-refractivity contribution in [2.75, 3.05) is 12.3 Å². The van der Waals surface area contributed by atoms with Gasteiger partial charge in [0.2, 0.25) is 5.91 Å². The summed E-state index contributed by atoms with van der Waals surface area (Å²) >= 11 is 1.27. The second-order valence-corrected chi connectivity index (χ2v) is 6.96. The van der Waals surface area contributed by atoms with Gasteiger partial charge in [0.1, 0.15) is 11.6 Å². The molecule has 144 valence electrons. The number of nitrogens with one attached hydrogen (secondary N) is 1. The van der Waals surface area contributed by atoms with E-state index in [0.29, 0.717) is 29.5 Å². The molecule has 0 spiro atoms. The maximum absolute atomic E-state index is 13.0. The Morgan fingerprint density at radius 3 is 2.46 bits per heavy atom. The first kappa shape index (κ1) is 19.8. The van der Waals surface area contributed by atoms with E-state index in [1.54, 1.807) is 0 Å². The van der Waals surface area contributed by atoms with Crippen LogP contribution < -0.4 is 5.32 Å². The molecule has 1 N–H and O–H groups in total. The Morgan fingerprint density at radius 1 is 1.07 bits per heavy atom. The first-order valence-corrected chi connectivity index (χ1v) is 9.69. The molecule has 0 bridgehead atoms. The van der Waals surface area contributed by atoms with Crippen LogP contribution in [-0.2, 0) is 11.2 Å². The standard InChI is InChI=1S/C20H19FN4O2S/c1-14(26)22-12-11-19-23-24-20(25(19)17-5-3-2-4-6-17)28-13-18(27)15-7-9-16(21)10-8-15/h2-10H,11-13H2,1H3,(H,22,26). The number of aromatic nitrogens is 3. The minimum atomic E-state index is -0.378. The lowest BCUT2D eigenvalue weighted by atomic mass is 10.1. The molecule has 0 aliphatic carbocycles. The van der Waals surface area contributed by atoms with Crippen molar-refractivity contribution in [2.24, 2.45) is 0 Å². The van der Waals surface area contributed by atoms with Crippen molar-refractivity contribution in [1.29, 1.82) is 0 Å². The number of nitrogens with zero attached hydrogens (tertiary/aromatic N) is 3. The molecule has 6 nitrogen and oxygen atoms in total. The molecule has 0 aliphatic rings. The molecule has 3 aromatic rings. The second-order valence-electron chi connectivity index (χ2n) is 6.02. The lowest BCUT2D eigenvalue weighted by Gasteiger charge is -2.10. The molecule has 8 heteroatoms. The Balaban J connectivity index is 1.78. The summed E-state index contributed by atoms with van der Waals surface area (Å²) in [7, 11) is 0. The largest absolute Gasteiger partial charge is 0.356 e. The number of halogens is 1. The fourth-order valence-electron chi connectivity index (χ4n) is 2.59. The SMILES string of the molecule is CC(=O)NCCc1nnc(SCC(=O)c2ccc(F)cc2)n1-c1ccccc1. The number of thioether (sulfide) groups is 1. The number of hydrogen-bond acceptors (Lipinski definition) is 5. The van der Waals surface area contributed by atoms with Crippen molar-refractivity contribution in [3.63, 3.8) is 0 Å². The highest BCUT2D eigenvalue weighted by molar-refractivity contribution is 7.99. The lowest BCUT2D eigenvalue weighted by Crippen LogP contribution is -2.23. The summed E-state index contributed by atoms with van der Waals surface area (Å²) in [5, 5.41) is 11.8. The van der Waals surface area contributed by atoms with E-state index in [2.05, 4.69) is 15.5 Å². The average molecular weight is 398 g/mol. The number of carbonyl (C=O) groups is 2. The Morgan fingerprint density at radius 2 is 1.79 bits per heavy atom. The van der Waals surface area contributed by atoms with E-state index in [1.165, 1.54) is 43.0 Å². The molecule has 0 atom stereocenters. The zero-order chi connectivity index (χ0) is 19.9. The zero-order valence-electron chi connectivity index (χ0n) is 15.3. The highest BCUT2D eigenvalue weighted by Gasteiger charge is 2.16. The van der Waals surface area contributed by atoms with Gasteiger partial charge in [0, 0.05) is 31.1 Å².